The maximum Gasteiger partial charge on any atom is 0.377 e. The summed E-state index contributed by atoms with van der Waals surface area (Å²) in [6.07, 6.45) is -3.05. The highest BCUT2D eigenvalue weighted by molar-refractivity contribution is 5.89. The average Bonchev–Trinajstić information content (AvgIpc) is 2.90. The second kappa shape index (κ2) is 7.19. The Kier molecular flexibility index (Phi) is 4.97. The smallest absolute Gasteiger partial charge is 0.377 e. The van der Waals surface area contributed by atoms with Gasteiger partial charge in [0, 0.05) is 12.8 Å². The van der Waals surface area contributed by atoms with Gasteiger partial charge in [-0.2, -0.15) is 0 Å². The number of carbonyl (C=O) groups excluding carboxylic acids is 1. The van der Waals surface area contributed by atoms with Crippen molar-refractivity contribution in [2.45, 2.75) is 30.7 Å². The Morgan fingerprint density at radius 2 is 1.38 bits per heavy atom. The molecule has 26 heavy (non-hydrogen) atoms. The van der Waals surface area contributed by atoms with Gasteiger partial charge in [-0.05, 0) is 11.1 Å². The molecule has 2 atom stereocenters. The summed E-state index contributed by atoms with van der Waals surface area (Å²) in [5.74, 6) is -2.86. The molecule has 2 aromatic carbocycles. The number of rotatable bonds is 6. The molecule has 0 amide bonds. The molecular formula is C20H20O6. The van der Waals surface area contributed by atoms with E-state index < -0.39 is 35.3 Å². The molecule has 1 heterocycles. The zero-order valence-corrected chi connectivity index (χ0v) is 13.9. The molecule has 0 unspecified atom stereocenters. The van der Waals surface area contributed by atoms with Crippen molar-refractivity contribution < 1.29 is 30.0 Å². The van der Waals surface area contributed by atoms with Gasteiger partial charge in [0.15, 0.2) is 11.9 Å². The van der Waals surface area contributed by atoms with E-state index in [1.54, 1.807) is 24.3 Å². The van der Waals surface area contributed by atoms with Crippen LogP contribution in [-0.2, 0) is 22.4 Å². The van der Waals surface area contributed by atoms with Crippen molar-refractivity contribution in [3.05, 3.63) is 83.3 Å². The third-order valence-electron chi connectivity index (χ3n) is 4.48. The summed E-state index contributed by atoms with van der Waals surface area (Å²) in [7, 11) is 0. The van der Waals surface area contributed by atoms with Crippen LogP contribution in [0.5, 0.6) is 0 Å². The van der Waals surface area contributed by atoms with Crippen LogP contribution in [0, 0.1) is 0 Å². The standard InChI is InChI=1S/C20H20O6/c21-15-16(22)19(24)26-17(15)18(23)20(25,11-13-7-3-1-4-8-13)12-14-9-5-2-6-10-14/h1-10,17-18,21-23,25H,11-12H2/t17-,18+/m0/s1. The summed E-state index contributed by atoms with van der Waals surface area (Å²) in [5, 5.41) is 41.4. The van der Waals surface area contributed by atoms with E-state index in [1.807, 2.05) is 36.4 Å². The van der Waals surface area contributed by atoms with Crippen LogP contribution in [0.4, 0.5) is 0 Å². The van der Waals surface area contributed by atoms with Gasteiger partial charge in [0.2, 0.25) is 5.76 Å². The van der Waals surface area contributed by atoms with Gasteiger partial charge in [0.05, 0.1) is 0 Å². The number of cyclic esters (lactones) is 1. The molecule has 0 bridgehead atoms. The van der Waals surface area contributed by atoms with Crippen molar-refractivity contribution in [3.63, 3.8) is 0 Å². The molecule has 0 aliphatic carbocycles. The van der Waals surface area contributed by atoms with E-state index in [-0.39, 0.29) is 12.8 Å². The zero-order chi connectivity index (χ0) is 18.7. The molecule has 6 heteroatoms. The molecule has 0 aromatic heterocycles. The van der Waals surface area contributed by atoms with E-state index in [0.29, 0.717) is 0 Å². The summed E-state index contributed by atoms with van der Waals surface area (Å²) in [4.78, 5) is 11.5. The minimum Gasteiger partial charge on any atom is -0.505 e. The van der Waals surface area contributed by atoms with E-state index in [9.17, 15) is 25.2 Å². The summed E-state index contributed by atoms with van der Waals surface area (Å²) in [5.41, 5.74) is -0.212. The number of aliphatic hydroxyl groups excluding tert-OH is 3. The monoisotopic (exact) mass is 356 g/mol. The molecular weight excluding hydrogens is 336 g/mol. The zero-order valence-electron chi connectivity index (χ0n) is 13.9. The number of carbonyl (C=O) groups is 1. The first kappa shape index (κ1) is 18.0. The van der Waals surface area contributed by atoms with E-state index in [1.165, 1.54) is 0 Å². The molecule has 0 radical (unpaired) electrons. The molecule has 2 aromatic rings. The highest BCUT2D eigenvalue weighted by Gasteiger charge is 2.48. The van der Waals surface area contributed by atoms with E-state index in [0.717, 1.165) is 11.1 Å². The predicted molar refractivity (Wildman–Crippen MR) is 93.4 cm³/mol. The van der Waals surface area contributed by atoms with Gasteiger partial charge in [-0.3, -0.25) is 0 Å². The van der Waals surface area contributed by atoms with Crippen molar-refractivity contribution >= 4 is 5.97 Å². The van der Waals surface area contributed by atoms with Crippen LogP contribution >= 0.6 is 0 Å². The molecule has 0 spiro atoms. The summed E-state index contributed by atoms with van der Waals surface area (Å²) >= 11 is 0. The summed E-state index contributed by atoms with van der Waals surface area (Å²) in [6, 6.07) is 18.1. The van der Waals surface area contributed by atoms with Crippen molar-refractivity contribution in [3.8, 4) is 0 Å². The third kappa shape index (κ3) is 3.56. The Hall–Kier alpha value is -2.83. The summed E-state index contributed by atoms with van der Waals surface area (Å²) in [6.45, 7) is 0. The van der Waals surface area contributed by atoms with Gasteiger partial charge in [0.25, 0.3) is 0 Å². The molecule has 0 saturated heterocycles. The van der Waals surface area contributed by atoms with E-state index >= 15 is 0 Å². The first-order chi connectivity index (χ1) is 12.4. The number of aliphatic hydroxyl groups is 4. The highest BCUT2D eigenvalue weighted by atomic mass is 16.6. The highest BCUT2D eigenvalue weighted by Crippen LogP contribution is 2.31. The van der Waals surface area contributed by atoms with Crippen LogP contribution in [0.25, 0.3) is 0 Å². The van der Waals surface area contributed by atoms with Crippen LogP contribution in [0.3, 0.4) is 0 Å². The van der Waals surface area contributed by atoms with Crippen LogP contribution in [0.1, 0.15) is 11.1 Å². The lowest BCUT2D eigenvalue weighted by molar-refractivity contribution is -0.160. The Labute approximate surface area is 150 Å². The lowest BCUT2D eigenvalue weighted by atomic mass is 9.81. The van der Waals surface area contributed by atoms with Gasteiger partial charge in [-0.1, -0.05) is 60.7 Å². The Balaban J connectivity index is 1.93. The van der Waals surface area contributed by atoms with Crippen LogP contribution < -0.4 is 0 Å². The normalized spacial score (nSPS) is 18.7. The fourth-order valence-electron chi connectivity index (χ4n) is 3.13. The number of benzene rings is 2. The number of hydrogen-bond acceptors (Lipinski definition) is 6. The lowest BCUT2D eigenvalue weighted by Gasteiger charge is -2.35. The van der Waals surface area contributed by atoms with Gasteiger partial charge < -0.3 is 25.2 Å². The van der Waals surface area contributed by atoms with Gasteiger partial charge >= 0.3 is 5.97 Å². The molecule has 136 valence electrons. The molecule has 1 aliphatic heterocycles. The second-order valence-corrected chi connectivity index (χ2v) is 6.43. The van der Waals surface area contributed by atoms with Crippen molar-refractivity contribution in [2.24, 2.45) is 0 Å². The third-order valence-corrected chi connectivity index (χ3v) is 4.48. The topological polar surface area (TPSA) is 107 Å². The number of ether oxygens (including phenoxy) is 1. The van der Waals surface area contributed by atoms with Crippen molar-refractivity contribution in [2.75, 3.05) is 0 Å². The number of hydrogen-bond donors (Lipinski definition) is 4. The summed E-state index contributed by atoms with van der Waals surface area (Å²) < 4.78 is 4.85. The number of esters is 1. The van der Waals surface area contributed by atoms with Gasteiger partial charge in [0.1, 0.15) is 11.7 Å². The molecule has 0 saturated carbocycles. The van der Waals surface area contributed by atoms with Gasteiger partial charge in [-0.15, -0.1) is 0 Å². The first-order valence-corrected chi connectivity index (χ1v) is 8.22. The minimum absolute atomic E-state index is 0.0615. The molecule has 6 nitrogen and oxygen atoms in total. The van der Waals surface area contributed by atoms with Crippen molar-refractivity contribution in [1.29, 1.82) is 0 Å². The molecule has 4 N–H and O–H groups in total. The fourth-order valence-corrected chi connectivity index (χ4v) is 3.13. The molecule has 0 fully saturated rings. The largest absolute Gasteiger partial charge is 0.505 e. The SMILES string of the molecule is O=C1O[C@H]([C@@H](O)C(O)(Cc2ccccc2)Cc2ccccc2)C(O)=C1O. The van der Waals surface area contributed by atoms with Gasteiger partial charge in [-0.25, -0.2) is 4.79 Å². The van der Waals surface area contributed by atoms with E-state index in [2.05, 4.69) is 0 Å². The Bertz CT molecular complexity index is 758. The fraction of sp³-hybridized carbons (Fsp3) is 0.250. The maximum atomic E-state index is 11.5. The lowest BCUT2D eigenvalue weighted by Crippen LogP contribution is -2.53. The quantitative estimate of drug-likeness (QED) is 0.588. The predicted octanol–water partition coefficient (Wildman–Crippen LogP) is 1.82. The second-order valence-electron chi connectivity index (χ2n) is 6.43. The minimum atomic E-state index is -1.74. The van der Waals surface area contributed by atoms with Crippen molar-refractivity contribution in [1.82, 2.24) is 0 Å². The average molecular weight is 356 g/mol. The Morgan fingerprint density at radius 1 is 0.923 bits per heavy atom. The van der Waals surface area contributed by atoms with Crippen LogP contribution in [0.15, 0.2) is 72.2 Å². The van der Waals surface area contributed by atoms with Crippen LogP contribution in [-0.4, -0.2) is 44.2 Å². The molecule has 1 aliphatic rings. The first-order valence-electron chi connectivity index (χ1n) is 8.22. The maximum absolute atomic E-state index is 11.5. The van der Waals surface area contributed by atoms with E-state index in [4.69, 9.17) is 4.74 Å². The van der Waals surface area contributed by atoms with Crippen LogP contribution in [0.2, 0.25) is 0 Å². The molecule has 3 rings (SSSR count). The Morgan fingerprint density at radius 3 is 1.77 bits per heavy atom.